The molecule has 1 fully saturated rings. The molecule has 0 aromatic heterocycles. The Morgan fingerprint density at radius 2 is 2.43 bits per heavy atom. The fraction of sp³-hybridized carbons (Fsp3) is 1.00. The maximum atomic E-state index is 3.26. The molecule has 2 heteroatoms. The van der Waals surface area contributed by atoms with Crippen molar-refractivity contribution in [3.05, 3.63) is 0 Å². The van der Waals surface area contributed by atoms with Crippen molar-refractivity contribution in [3.63, 3.8) is 0 Å². The van der Waals surface area contributed by atoms with Crippen molar-refractivity contribution in [2.75, 3.05) is 26.8 Å². The predicted octanol–water partition coefficient (Wildman–Crippen LogP) is -0.131. The van der Waals surface area contributed by atoms with E-state index < -0.39 is 0 Å². The van der Waals surface area contributed by atoms with E-state index in [1.807, 2.05) is 0 Å². The van der Waals surface area contributed by atoms with Gasteiger partial charge in [0.05, 0.1) is 0 Å². The molecule has 0 atom stereocenters. The van der Waals surface area contributed by atoms with Crippen molar-refractivity contribution >= 4 is 0 Å². The Balaban J connectivity index is 2.12. The fourth-order valence-corrected chi connectivity index (χ4v) is 0.823. The zero-order valence-corrected chi connectivity index (χ0v) is 4.78. The monoisotopic (exact) mass is 100 g/mol. The molecular formula is C5H12N2. The number of hydrogen-bond donors (Lipinski definition) is 1. The quantitative estimate of drug-likeness (QED) is 0.456. The predicted molar refractivity (Wildman–Crippen MR) is 30.1 cm³/mol. The Labute approximate surface area is 44.5 Å². The first-order chi connectivity index (χ1) is 3.39. The first-order valence-corrected chi connectivity index (χ1v) is 2.79. The van der Waals surface area contributed by atoms with E-state index in [4.69, 9.17) is 0 Å². The zero-order valence-electron chi connectivity index (χ0n) is 4.78. The molecule has 0 aromatic carbocycles. The summed E-state index contributed by atoms with van der Waals surface area (Å²) in [4.78, 5) is 2.28. The molecule has 0 saturated carbocycles. The van der Waals surface area contributed by atoms with Crippen molar-refractivity contribution in [1.29, 1.82) is 0 Å². The molecule has 0 amide bonds. The van der Waals surface area contributed by atoms with Crippen LogP contribution in [0.25, 0.3) is 0 Å². The van der Waals surface area contributed by atoms with Crippen LogP contribution in [0.5, 0.6) is 0 Å². The average Bonchev–Trinajstić information content (AvgIpc) is 1.69. The lowest BCUT2D eigenvalue weighted by molar-refractivity contribution is 0.261. The Hall–Kier alpha value is -0.0800. The molecule has 7 heavy (non-hydrogen) atoms. The molecule has 1 aliphatic rings. The minimum Gasteiger partial charge on any atom is -0.304 e. The van der Waals surface area contributed by atoms with Gasteiger partial charge in [-0.25, -0.2) is 0 Å². The normalized spacial score (nSPS) is 25.3. The molecule has 0 aliphatic carbocycles. The van der Waals surface area contributed by atoms with Crippen molar-refractivity contribution < 1.29 is 0 Å². The van der Waals surface area contributed by atoms with Gasteiger partial charge >= 0.3 is 0 Å². The van der Waals surface area contributed by atoms with Gasteiger partial charge in [0.1, 0.15) is 0 Å². The summed E-state index contributed by atoms with van der Waals surface area (Å²) in [5.74, 6) is 0. The summed E-state index contributed by atoms with van der Waals surface area (Å²) in [5.41, 5.74) is 0. The second-order valence-corrected chi connectivity index (χ2v) is 2.09. The van der Waals surface area contributed by atoms with E-state index in [2.05, 4.69) is 17.3 Å². The van der Waals surface area contributed by atoms with Crippen LogP contribution in [0.4, 0.5) is 0 Å². The number of nitrogens with one attached hydrogen (secondary N) is 1. The summed E-state index contributed by atoms with van der Waals surface area (Å²) in [6.07, 6.45) is 1.30. The second kappa shape index (κ2) is 2.28. The van der Waals surface area contributed by atoms with Crippen LogP contribution in [0.2, 0.25) is 0 Å². The molecule has 1 saturated heterocycles. The Bertz CT molecular complexity index is 48.0. The van der Waals surface area contributed by atoms with Crippen LogP contribution in [-0.4, -0.2) is 31.7 Å². The van der Waals surface area contributed by atoms with E-state index in [1.54, 1.807) is 0 Å². The van der Waals surface area contributed by atoms with E-state index >= 15 is 0 Å². The van der Waals surface area contributed by atoms with Crippen LogP contribution in [-0.2, 0) is 0 Å². The Morgan fingerprint density at radius 1 is 1.57 bits per heavy atom. The van der Waals surface area contributed by atoms with E-state index in [1.165, 1.54) is 19.5 Å². The van der Waals surface area contributed by atoms with Crippen LogP contribution < -0.4 is 5.32 Å². The van der Waals surface area contributed by atoms with Crippen LogP contribution in [0.15, 0.2) is 0 Å². The van der Waals surface area contributed by atoms with Crippen LogP contribution >= 0.6 is 0 Å². The van der Waals surface area contributed by atoms with Crippen molar-refractivity contribution in [2.24, 2.45) is 0 Å². The molecule has 0 aromatic rings. The fourth-order valence-electron chi connectivity index (χ4n) is 0.823. The Morgan fingerprint density at radius 3 is 2.71 bits per heavy atom. The number of nitrogens with zero attached hydrogens (tertiary/aromatic N) is 1. The highest BCUT2D eigenvalue weighted by molar-refractivity contribution is 4.57. The third kappa shape index (κ3) is 1.45. The van der Waals surface area contributed by atoms with E-state index in [-0.39, 0.29) is 0 Å². The van der Waals surface area contributed by atoms with Gasteiger partial charge in [-0.15, -0.1) is 0 Å². The molecule has 0 bridgehead atoms. The van der Waals surface area contributed by atoms with Gasteiger partial charge in [-0.05, 0) is 20.0 Å². The summed E-state index contributed by atoms with van der Waals surface area (Å²) in [5, 5.41) is 3.26. The van der Waals surface area contributed by atoms with Crippen LogP contribution in [0, 0.1) is 0 Å². The minimum atomic E-state index is 1.07. The lowest BCUT2D eigenvalue weighted by atomic mass is 10.3. The molecule has 0 radical (unpaired) electrons. The SMILES string of the molecule is CN1CCCNC1. The highest BCUT2D eigenvalue weighted by Crippen LogP contribution is 1.88. The zero-order chi connectivity index (χ0) is 5.11. The number of rotatable bonds is 0. The summed E-state index contributed by atoms with van der Waals surface area (Å²) in [6, 6.07) is 0. The molecule has 42 valence electrons. The van der Waals surface area contributed by atoms with Crippen molar-refractivity contribution in [3.8, 4) is 0 Å². The van der Waals surface area contributed by atoms with Gasteiger partial charge in [-0.1, -0.05) is 0 Å². The van der Waals surface area contributed by atoms with Gasteiger partial charge in [0.25, 0.3) is 0 Å². The van der Waals surface area contributed by atoms with E-state index in [9.17, 15) is 0 Å². The smallest absolute Gasteiger partial charge is 0.0477 e. The summed E-state index contributed by atoms with van der Waals surface area (Å²) < 4.78 is 0. The highest BCUT2D eigenvalue weighted by atomic mass is 15.2. The third-order valence-electron chi connectivity index (χ3n) is 1.28. The third-order valence-corrected chi connectivity index (χ3v) is 1.28. The highest BCUT2D eigenvalue weighted by Gasteiger charge is 2.00. The van der Waals surface area contributed by atoms with Gasteiger partial charge in [-0.2, -0.15) is 0 Å². The molecule has 0 unspecified atom stereocenters. The minimum absolute atomic E-state index is 1.07. The maximum absolute atomic E-state index is 3.26. The molecule has 1 N–H and O–H groups in total. The van der Waals surface area contributed by atoms with E-state index in [0.717, 1.165) is 6.67 Å². The largest absolute Gasteiger partial charge is 0.304 e. The van der Waals surface area contributed by atoms with Gasteiger partial charge in [0, 0.05) is 13.2 Å². The summed E-state index contributed by atoms with van der Waals surface area (Å²) >= 11 is 0. The standard InChI is InChI=1S/C5H12N2/c1-7-4-2-3-6-5-7/h6H,2-5H2,1H3. The molecular weight excluding hydrogens is 88.1 g/mol. The van der Waals surface area contributed by atoms with Gasteiger partial charge in [0.2, 0.25) is 0 Å². The lowest BCUT2D eigenvalue weighted by Crippen LogP contribution is -2.38. The van der Waals surface area contributed by atoms with Crippen LogP contribution in [0.3, 0.4) is 0 Å². The van der Waals surface area contributed by atoms with Crippen molar-refractivity contribution in [2.45, 2.75) is 6.42 Å². The second-order valence-electron chi connectivity index (χ2n) is 2.09. The van der Waals surface area contributed by atoms with Gasteiger partial charge in [-0.3, -0.25) is 4.90 Å². The van der Waals surface area contributed by atoms with Crippen molar-refractivity contribution in [1.82, 2.24) is 10.2 Å². The van der Waals surface area contributed by atoms with Crippen LogP contribution in [0.1, 0.15) is 6.42 Å². The molecule has 0 spiro atoms. The first kappa shape index (κ1) is 5.06. The summed E-state index contributed by atoms with van der Waals surface area (Å²) in [7, 11) is 2.13. The lowest BCUT2D eigenvalue weighted by Gasteiger charge is -2.22. The van der Waals surface area contributed by atoms with Gasteiger partial charge in [0.15, 0.2) is 0 Å². The average molecular weight is 100 g/mol. The topological polar surface area (TPSA) is 15.3 Å². The molecule has 1 aliphatic heterocycles. The van der Waals surface area contributed by atoms with Gasteiger partial charge < -0.3 is 5.32 Å². The molecule has 1 rings (SSSR count). The maximum Gasteiger partial charge on any atom is 0.0477 e. The first-order valence-electron chi connectivity index (χ1n) is 2.79. The van der Waals surface area contributed by atoms with E-state index in [0.29, 0.717) is 0 Å². The molecule has 1 heterocycles. The molecule has 2 nitrogen and oxygen atoms in total. The Kier molecular flexibility index (Phi) is 1.65. The number of hydrogen-bond acceptors (Lipinski definition) is 2. The summed E-state index contributed by atoms with van der Waals surface area (Å²) in [6.45, 7) is 3.53.